The van der Waals surface area contributed by atoms with Gasteiger partial charge in [-0.1, -0.05) is 12.1 Å². The van der Waals surface area contributed by atoms with Gasteiger partial charge in [-0.05, 0) is 42.8 Å². The number of fused-ring (bicyclic) bond motifs is 1. The van der Waals surface area contributed by atoms with Crippen molar-refractivity contribution in [3.8, 4) is 0 Å². The minimum atomic E-state index is -0.199. The van der Waals surface area contributed by atoms with Crippen LogP contribution in [0.2, 0.25) is 0 Å². The lowest BCUT2D eigenvalue weighted by Crippen LogP contribution is -2.39. The van der Waals surface area contributed by atoms with Crippen molar-refractivity contribution >= 4 is 17.1 Å². The maximum Gasteiger partial charge on any atom is 0.123 e. The van der Waals surface area contributed by atoms with E-state index in [1.807, 2.05) is 30.9 Å². The first-order chi connectivity index (χ1) is 12.3. The molecule has 1 aliphatic heterocycles. The second-order valence-corrected chi connectivity index (χ2v) is 6.26. The SMILES string of the molecule is Fc1ccc(N2CCN(CCCn3ccnc3)c3ccccc32)cc1. The van der Waals surface area contributed by atoms with Crippen LogP contribution in [0.15, 0.2) is 67.3 Å². The Morgan fingerprint density at radius 2 is 1.72 bits per heavy atom. The Kier molecular flexibility index (Phi) is 4.37. The Balaban J connectivity index is 1.51. The number of halogens is 1. The van der Waals surface area contributed by atoms with E-state index in [-0.39, 0.29) is 5.82 Å². The Hall–Kier alpha value is -2.82. The van der Waals surface area contributed by atoms with Gasteiger partial charge in [0.25, 0.3) is 0 Å². The highest BCUT2D eigenvalue weighted by Gasteiger charge is 2.22. The standard InChI is InChI=1S/C20H21FN4/c21-17-6-8-18(9-7-17)25-15-14-24(19-4-1-2-5-20(19)25)12-3-11-23-13-10-22-16-23/h1-2,4-10,13,16H,3,11-12,14-15H2. The van der Waals surface area contributed by atoms with Gasteiger partial charge in [-0.25, -0.2) is 9.37 Å². The molecular weight excluding hydrogens is 315 g/mol. The predicted molar refractivity (Wildman–Crippen MR) is 98.9 cm³/mol. The summed E-state index contributed by atoms with van der Waals surface area (Å²) in [4.78, 5) is 8.79. The van der Waals surface area contributed by atoms with Crippen molar-refractivity contribution in [1.29, 1.82) is 0 Å². The van der Waals surface area contributed by atoms with Gasteiger partial charge in [0.05, 0.1) is 17.7 Å². The van der Waals surface area contributed by atoms with Crippen LogP contribution in [0.5, 0.6) is 0 Å². The lowest BCUT2D eigenvalue weighted by Gasteiger charge is -2.39. The lowest BCUT2D eigenvalue weighted by atomic mass is 10.1. The number of anilines is 3. The molecule has 4 nitrogen and oxygen atoms in total. The van der Waals surface area contributed by atoms with Crippen LogP contribution < -0.4 is 9.80 Å². The molecule has 0 unspecified atom stereocenters. The van der Waals surface area contributed by atoms with Gasteiger partial charge < -0.3 is 14.4 Å². The second-order valence-electron chi connectivity index (χ2n) is 6.26. The smallest absolute Gasteiger partial charge is 0.123 e. The van der Waals surface area contributed by atoms with E-state index in [4.69, 9.17) is 0 Å². The first kappa shape index (κ1) is 15.7. The summed E-state index contributed by atoms with van der Waals surface area (Å²) in [5.41, 5.74) is 3.46. The highest BCUT2D eigenvalue weighted by Crippen LogP contribution is 2.37. The van der Waals surface area contributed by atoms with Crippen LogP contribution in [0, 0.1) is 5.82 Å². The molecule has 0 N–H and O–H groups in total. The summed E-state index contributed by atoms with van der Waals surface area (Å²) in [6, 6.07) is 15.2. The molecule has 0 saturated carbocycles. The molecule has 0 amide bonds. The van der Waals surface area contributed by atoms with E-state index in [1.54, 1.807) is 0 Å². The van der Waals surface area contributed by atoms with Crippen LogP contribution in [0.25, 0.3) is 0 Å². The van der Waals surface area contributed by atoms with Crippen molar-refractivity contribution in [2.45, 2.75) is 13.0 Å². The molecule has 4 rings (SSSR count). The molecule has 0 radical (unpaired) electrons. The van der Waals surface area contributed by atoms with Crippen LogP contribution >= 0.6 is 0 Å². The van der Waals surface area contributed by atoms with Crippen LogP contribution in [-0.2, 0) is 6.54 Å². The van der Waals surface area contributed by atoms with Crippen LogP contribution in [0.4, 0.5) is 21.5 Å². The fourth-order valence-electron chi connectivity index (χ4n) is 3.41. The summed E-state index contributed by atoms with van der Waals surface area (Å²) < 4.78 is 15.3. The van der Waals surface area contributed by atoms with Crippen molar-refractivity contribution in [2.75, 3.05) is 29.4 Å². The van der Waals surface area contributed by atoms with Gasteiger partial charge in [-0.2, -0.15) is 0 Å². The third-order valence-electron chi connectivity index (χ3n) is 4.65. The molecule has 3 aromatic rings. The summed E-state index contributed by atoms with van der Waals surface area (Å²) in [6.07, 6.45) is 6.75. The average Bonchev–Trinajstić information content (AvgIpc) is 3.16. The lowest BCUT2D eigenvalue weighted by molar-refractivity contribution is 0.615. The van der Waals surface area contributed by atoms with Crippen molar-refractivity contribution in [2.24, 2.45) is 0 Å². The summed E-state index contributed by atoms with van der Waals surface area (Å²) >= 11 is 0. The third-order valence-corrected chi connectivity index (χ3v) is 4.65. The molecule has 1 aliphatic rings. The average molecular weight is 336 g/mol. The van der Waals surface area contributed by atoms with Gasteiger partial charge in [-0.15, -0.1) is 0 Å². The number of aromatic nitrogens is 2. The molecule has 25 heavy (non-hydrogen) atoms. The van der Waals surface area contributed by atoms with Gasteiger partial charge >= 0.3 is 0 Å². The maximum atomic E-state index is 13.2. The van der Waals surface area contributed by atoms with E-state index in [0.29, 0.717) is 0 Å². The fraction of sp³-hybridized carbons (Fsp3) is 0.250. The van der Waals surface area contributed by atoms with Crippen molar-refractivity contribution in [1.82, 2.24) is 9.55 Å². The minimum absolute atomic E-state index is 0.199. The molecule has 0 aliphatic carbocycles. The van der Waals surface area contributed by atoms with Gasteiger partial charge in [-0.3, -0.25) is 0 Å². The van der Waals surface area contributed by atoms with E-state index in [0.717, 1.165) is 38.3 Å². The summed E-state index contributed by atoms with van der Waals surface area (Å²) in [5, 5.41) is 0. The van der Waals surface area contributed by atoms with Crippen molar-refractivity contribution in [3.05, 3.63) is 73.1 Å². The highest BCUT2D eigenvalue weighted by molar-refractivity contribution is 5.79. The molecule has 1 aromatic heterocycles. The Labute approximate surface area is 147 Å². The molecule has 128 valence electrons. The fourth-order valence-corrected chi connectivity index (χ4v) is 3.41. The molecule has 2 heterocycles. The van der Waals surface area contributed by atoms with Gasteiger partial charge in [0.2, 0.25) is 0 Å². The zero-order valence-corrected chi connectivity index (χ0v) is 14.1. The molecule has 0 saturated heterocycles. The summed E-state index contributed by atoms with van der Waals surface area (Å²) in [5.74, 6) is -0.199. The number of imidazole rings is 1. The van der Waals surface area contributed by atoms with Gasteiger partial charge in [0, 0.05) is 44.3 Å². The molecular formula is C20H21FN4. The van der Waals surface area contributed by atoms with Crippen LogP contribution in [0.3, 0.4) is 0 Å². The molecule has 0 fully saturated rings. The largest absolute Gasteiger partial charge is 0.368 e. The minimum Gasteiger partial charge on any atom is -0.368 e. The monoisotopic (exact) mass is 336 g/mol. The molecule has 0 spiro atoms. The number of benzene rings is 2. The molecule has 5 heteroatoms. The number of nitrogens with zero attached hydrogens (tertiary/aromatic N) is 4. The molecule has 0 bridgehead atoms. The van der Waals surface area contributed by atoms with Crippen molar-refractivity contribution in [3.63, 3.8) is 0 Å². The van der Waals surface area contributed by atoms with E-state index in [1.165, 1.54) is 23.5 Å². The number of aryl methyl sites for hydroxylation is 1. The quantitative estimate of drug-likeness (QED) is 0.702. The van der Waals surface area contributed by atoms with Crippen molar-refractivity contribution < 1.29 is 4.39 Å². The van der Waals surface area contributed by atoms with Crippen LogP contribution in [-0.4, -0.2) is 29.2 Å². The van der Waals surface area contributed by atoms with E-state index in [9.17, 15) is 4.39 Å². The second kappa shape index (κ2) is 6.97. The third kappa shape index (κ3) is 3.36. The van der Waals surface area contributed by atoms with Crippen LogP contribution in [0.1, 0.15) is 6.42 Å². The van der Waals surface area contributed by atoms with E-state index < -0.39 is 0 Å². The Bertz CT molecular complexity index is 814. The first-order valence-electron chi connectivity index (χ1n) is 8.64. The molecule has 0 atom stereocenters. The number of rotatable bonds is 5. The first-order valence-corrected chi connectivity index (χ1v) is 8.64. The highest BCUT2D eigenvalue weighted by atomic mass is 19.1. The zero-order chi connectivity index (χ0) is 17.1. The summed E-state index contributed by atoms with van der Waals surface area (Å²) in [7, 11) is 0. The summed E-state index contributed by atoms with van der Waals surface area (Å²) in [6.45, 7) is 3.83. The number of hydrogen-bond donors (Lipinski definition) is 0. The number of hydrogen-bond acceptors (Lipinski definition) is 3. The predicted octanol–water partition coefficient (Wildman–Crippen LogP) is 4.07. The van der Waals surface area contributed by atoms with E-state index in [2.05, 4.69) is 43.6 Å². The maximum absolute atomic E-state index is 13.2. The van der Waals surface area contributed by atoms with E-state index >= 15 is 0 Å². The Morgan fingerprint density at radius 1 is 0.920 bits per heavy atom. The zero-order valence-electron chi connectivity index (χ0n) is 14.1. The normalized spacial score (nSPS) is 13.8. The topological polar surface area (TPSA) is 24.3 Å². The Morgan fingerprint density at radius 3 is 2.48 bits per heavy atom. The van der Waals surface area contributed by atoms with Gasteiger partial charge in [0.1, 0.15) is 5.82 Å². The van der Waals surface area contributed by atoms with Gasteiger partial charge in [0.15, 0.2) is 0 Å². The molecule has 2 aromatic carbocycles. The number of para-hydroxylation sites is 2.